The molecule has 0 radical (unpaired) electrons. The highest BCUT2D eigenvalue weighted by atomic mass is 16.5. The van der Waals surface area contributed by atoms with Crippen molar-refractivity contribution in [3.05, 3.63) is 0 Å². The largest absolute Gasteiger partial charge is 0.466 e. The first-order valence-corrected chi connectivity index (χ1v) is 6.34. The van der Waals surface area contributed by atoms with E-state index in [1.54, 1.807) is 0 Å². The van der Waals surface area contributed by atoms with Crippen LogP contribution in [0.4, 0.5) is 0 Å². The second kappa shape index (κ2) is 10.1. The Labute approximate surface area is 105 Å². The summed E-state index contributed by atoms with van der Waals surface area (Å²) >= 11 is 0. The molecule has 0 N–H and O–H groups in total. The third-order valence-electron chi connectivity index (χ3n) is 2.53. The second-order valence-corrected chi connectivity index (χ2v) is 4.41. The van der Waals surface area contributed by atoms with Gasteiger partial charge < -0.3 is 9.64 Å². The number of rotatable bonds is 9. The lowest BCUT2D eigenvalue weighted by Crippen LogP contribution is -2.24. The van der Waals surface area contributed by atoms with E-state index in [0.717, 1.165) is 32.4 Å². The summed E-state index contributed by atoms with van der Waals surface area (Å²) in [6.45, 7) is 6.01. The summed E-state index contributed by atoms with van der Waals surface area (Å²) in [5, 5.41) is 8.68. The van der Waals surface area contributed by atoms with Crippen molar-refractivity contribution in [1.82, 2.24) is 4.90 Å². The van der Waals surface area contributed by atoms with Crippen LogP contribution in [0.5, 0.6) is 0 Å². The molecule has 0 aliphatic rings. The molecule has 1 atom stereocenters. The van der Waals surface area contributed by atoms with Gasteiger partial charge in [-0.2, -0.15) is 5.26 Å². The van der Waals surface area contributed by atoms with E-state index in [4.69, 9.17) is 10.00 Å². The number of carbonyl (C=O) groups excluding carboxylic acids is 1. The highest BCUT2D eigenvalue weighted by molar-refractivity contribution is 5.69. The van der Waals surface area contributed by atoms with Gasteiger partial charge in [0.25, 0.3) is 0 Å². The van der Waals surface area contributed by atoms with Crippen LogP contribution in [0, 0.1) is 17.2 Å². The zero-order valence-corrected chi connectivity index (χ0v) is 11.2. The average Bonchev–Trinajstić information content (AvgIpc) is 2.28. The number of nitriles is 1. The Morgan fingerprint density at radius 3 is 2.71 bits per heavy atom. The van der Waals surface area contributed by atoms with Crippen LogP contribution in [0.15, 0.2) is 0 Å². The van der Waals surface area contributed by atoms with Crippen LogP contribution in [-0.4, -0.2) is 37.6 Å². The second-order valence-electron chi connectivity index (χ2n) is 4.41. The standard InChI is InChI=1S/C13H24N2O2/c1-4-17-13(16)8-6-5-7-9-15(3)11-12(2)10-14/h12H,4-9,11H2,1-3H3. The van der Waals surface area contributed by atoms with Crippen molar-refractivity contribution in [2.75, 3.05) is 26.7 Å². The molecule has 0 spiro atoms. The van der Waals surface area contributed by atoms with E-state index in [-0.39, 0.29) is 11.9 Å². The summed E-state index contributed by atoms with van der Waals surface area (Å²) in [7, 11) is 2.03. The van der Waals surface area contributed by atoms with Gasteiger partial charge in [0.1, 0.15) is 0 Å². The van der Waals surface area contributed by atoms with Crippen molar-refractivity contribution in [2.45, 2.75) is 39.5 Å². The first-order valence-electron chi connectivity index (χ1n) is 6.34. The maximum atomic E-state index is 11.1. The fraction of sp³-hybridized carbons (Fsp3) is 0.846. The van der Waals surface area contributed by atoms with Crippen LogP contribution in [0.3, 0.4) is 0 Å². The van der Waals surface area contributed by atoms with Gasteiger partial charge in [-0.25, -0.2) is 0 Å². The van der Waals surface area contributed by atoms with Crippen LogP contribution in [0.1, 0.15) is 39.5 Å². The first kappa shape index (κ1) is 15.9. The molecule has 0 saturated carbocycles. The van der Waals surface area contributed by atoms with E-state index in [9.17, 15) is 4.79 Å². The number of carbonyl (C=O) groups is 1. The number of esters is 1. The Morgan fingerprint density at radius 1 is 1.41 bits per heavy atom. The van der Waals surface area contributed by atoms with Crippen molar-refractivity contribution < 1.29 is 9.53 Å². The van der Waals surface area contributed by atoms with Crippen LogP contribution < -0.4 is 0 Å². The molecule has 0 aliphatic carbocycles. The average molecular weight is 240 g/mol. The highest BCUT2D eigenvalue weighted by Crippen LogP contribution is 2.04. The van der Waals surface area contributed by atoms with Crippen LogP contribution in [-0.2, 0) is 9.53 Å². The number of ether oxygens (including phenoxy) is 1. The number of nitrogens with zero attached hydrogens (tertiary/aromatic N) is 2. The molecule has 0 heterocycles. The molecule has 98 valence electrons. The van der Waals surface area contributed by atoms with Gasteiger partial charge in [-0.3, -0.25) is 4.79 Å². The Hall–Kier alpha value is -1.08. The molecule has 0 rings (SSSR count). The van der Waals surface area contributed by atoms with E-state index >= 15 is 0 Å². The van der Waals surface area contributed by atoms with Gasteiger partial charge in [0.05, 0.1) is 18.6 Å². The van der Waals surface area contributed by atoms with Gasteiger partial charge in [-0.05, 0) is 40.3 Å². The van der Waals surface area contributed by atoms with Gasteiger partial charge in [0.15, 0.2) is 0 Å². The predicted molar refractivity (Wildman–Crippen MR) is 67.4 cm³/mol. The minimum absolute atomic E-state index is 0.0829. The maximum absolute atomic E-state index is 11.1. The first-order chi connectivity index (χ1) is 8.10. The molecular weight excluding hydrogens is 216 g/mol. The highest BCUT2D eigenvalue weighted by Gasteiger charge is 2.05. The molecule has 0 fully saturated rings. The van der Waals surface area contributed by atoms with Crippen molar-refractivity contribution in [3.8, 4) is 6.07 Å². The van der Waals surface area contributed by atoms with Crippen molar-refractivity contribution >= 4 is 5.97 Å². The summed E-state index contributed by atoms with van der Waals surface area (Å²) in [6.07, 6.45) is 3.50. The molecule has 0 aromatic rings. The molecule has 17 heavy (non-hydrogen) atoms. The third kappa shape index (κ3) is 9.83. The van der Waals surface area contributed by atoms with E-state index in [1.807, 2.05) is 20.9 Å². The quantitative estimate of drug-likeness (QED) is 0.458. The smallest absolute Gasteiger partial charge is 0.305 e. The minimum atomic E-state index is -0.0982. The van der Waals surface area contributed by atoms with E-state index in [0.29, 0.717) is 13.0 Å². The van der Waals surface area contributed by atoms with Crippen molar-refractivity contribution in [3.63, 3.8) is 0 Å². The van der Waals surface area contributed by atoms with Crippen LogP contribution in [0.2, 0.25) is 0 Å². The molecule has 0 aromatic heterocycles. The summed E-state index contributed by atoms with van der Waals surface area (Å²) < 4.78 is 4.85. The molecule has 0 amide bonds. The zero-order chi connectivity index (χ0) is 13.1. The Kier molecular flexibility index (Phi) is 9.46. The summed E-state index contributed by atoms with van der Waals surface area (Å²) in [6, 6.07) is 2.22. The van der Waals surface area contributed by atoms with Gasteiger partial charge in [0, 0.05) is 13.0 Å². The minimum Gasteiger partial charge on any atom is -0.466 e. The summed E-state index contributed by atoms with van der Waals surface area (Å²) in [5.74, 6) is -0.0153. The molecule has 0 bridgehead atoms. The van der Waals surface area contributed by atoms with Gasteiger partial charge >= 0.3 is 5.97 Å². The van der Waals surface area contributed by atoms with Crippen LogP contribution in [0.25, 0.3) is 0 Å². The fourth-order valence-corrected chi connectivity index (χ4v) is 1.66. The third-order valence-corrected chi connectivity index (χ3v) is 2.53. The predicted octanol–water partition coefficient (Wildman–Crippen LogP) is 2.20. The summed E-state index contributed by atoms with van der Waals surface area (Å²) in [4.78, 5) is 13.2. The van der Waals surface area contributed by atoms with E-state index in [2.05, 4.69) is 11.0 Å². The lowest BCUT2D eigenvalue weighted by Gasteiger charge is -2.17. The molecule has 0 aromatic carbocycles. The zero-order valence-electron chi connectivity index (χ0n) is 11.2. The SMILES string of the molecule is CCOC(=O)CCCCCN(C)CC(C)C#N. The van der Waals surface area contributed by atoms with Crippen molar-refractivity contribution in [2.24, 2.45) is 5.92 Å². The normalized spacial score (nSPS) is 12.2. The topological polar surface area (TPSA) is 53.3 Å². The molecule has 4 heteroatoms. The molecule has 1 unspecified atom stereocenters. The van der Waals surface area contributed by atoms with Gasteiger partial charge in [-0.15, -0.1) is 0 Å². The van der Waals surface area contributed by atoms with E-state index < -0.39 is 0 Å². The number of hydrogen-bond acceptors (Lipinski definition) is 4. The Bertz CT molecular complexity index is 248. The maximum Gasteiger partial charge on any atom is 0.305 e. The molecule has 4 nitrogen and oxygen atoms in total. The lowest BCUT2D eigenvalue weighted by atomic mass is 10.1. The van der Waals surface area contributed by atoms with E-state index in [1.165, 1.54) is 0 Å². The Balaban J connectivity index is 3.39. The molecule has 0 aliphatic heterocycles. The summed E-state index contributed by atoms with van der Waals surface area (Å²) in [5.41, 5.74) is 0. The van der Waals surface area contributed by atoms with Crippen molar-refractivity contribution in [1.29, 1.82) is 5.26 Å². The molecular formula is C13H24N2O2. The number of unbranched alkanes of at least 4 members (excludes halogenated alkanes) is 2. The number of hydrogen-bond donors (Lipinski definition) is 0. The molecule has 0 saturated heterocycles. The Morgan fingerprint density at radius 2 is 2.12 bits per heavy atom. The van der Waals surface area contributed by atoms with Crippen LogP contribution >= 0.6 is 0 Å². The lowest BCUT2D eigenvalue weighted by molar-refractivity contribution is -0.143. The van der Waals surface area contributed by atoms with Gasteiger partial charge in [-0.1, -0.05) is 6.42 Å². The fourth-order valence-electron chi connectivity index (χ4n) is 1.66. The van der Waals surface area contributed by atoms with Gasteiger partial charge in [0.2, 0.25) is 0 Å². The monoisotopic (exact) mass is 240 g/mol.